The molecule has 2 nitrogen and oxygen atoms in total. The third-order valence-corrected chi connectivity index (χ3v) is 3.79. The van der Waals surface area contributed by atoms with Gasteiger partial charge in [-0.2, -0.15) is 0 Å². The maximum atomic E-state index is 9.91. The van der Waals surface area contributed by atoms with Crippen LogP contribution < -0.4 is 0 Å². The van der Waals surface area contributed by atoms with E-state index in [4.69, 9.17) is 0 Å². The summed E-state index contributed by atoms with van der Waals surface area (Å²) in [7, 11) is 0. The molecule has 0 spiro atoms. The van der Waals surface area contributed by atoms with Gasteiger partial charge < -0.3 is 5.11 Å². The van der Waals surface area contributed by atoms with Gasteiger partial charge in [-0.05, 0) is 18.4 Å². The Bertz CT molecular complexity index is 351. The highest BCUT2D eigenvalue weighted by molar-refractivity contribution is 5.15. The first-order valence-electron chi connectivity index (χ1n) is 5.75. The molecule has 1 aromatic rings. The van der Waals surface area contributed by atoms with Crippen molar-refractivity contribution in [3.05, 3.63) is 35.9 Å². The third kappa shape index (κ3) is 1.80. The van der Waals surface area contributed by atoms with E-state index >= 15 is 0 Å². The van der Waals surface area contributed by atoms with E-state index in [9.17, 15) is 5.11 Å². The molecule has 1 saturated carbocycles. The van der Waals surface area contributed by atoms with E-state index in [2.05, 4.69) is 35.2 Å². The van der Waals surface area contributed by atoms with Gasteiger partial charge in [-0.25, -0.2) is 0 Å². The normalized spacial score (nSPS) is 34.9. The van der Waals surface area contributed by atoms with Crippen molar-refractivity contribution in [3.63, 3.8) is 0 Å². The second kappa shape index (κ2) is 3.32. The average Bonchev–Trinajstić information content (AvgIpc) is 2.91. The number of likely N-dealkylation sites (tertiary alicyclic amines) is 1. The van der Waals surface area contributed by atoms with Gasteiger partial charge in [0.05, 0.1) is 5.60 Å². The summed E-state index contributed by atoms with van der Waals surface area (Å²) >= 11 is 0. The van der Waals surface area contributed by atoms with Gasteiger partial charge in [-0.3, -0.25) is 4.90 Å². The van der Waals surface area contributed by atoms with Gasteiger partial charge in [0.25, 0.3) is 0 Å². The van der Waals surface area contributed by atoms with Gasteiger partial charge in [-0.15, -0.1) is 0 Å². The van der Waals surface area contributed by atoms with Crippen molar-refractivity contribution in [2.45, 2.75) is 25.0 Å². The standard InChI is InChI=1S/C13H17NO/c15-13-6-7-14(10-12(13)8-13)9-11-4-2-1-3-5-11/h1-5,12,15H,6-10H2. The molecule has 0 amide bonds. The van der Waals surface area contributed by atoms with Crippen LogP contribution in [-0.4, -0.2) is 28.7 Å². The van der Waals surface area contributed by atoms with Gasteiger partial charge in [0, 0.05) is 25.6 Å². The number of aliphatic hydroxyl groups is 1. The first-order valence-corrected chi connectivity index (χ1v) is 5.75. The Morgan fingerprint density at radius 2 is 2.13 bits per heavy atom. The quantitative estimate of drug-likeness (QED) is 0.790. The summed E-state index contributed by atoms with van der Waals surface area (Å²) in [4.78, 5) is 2.46. The second-order valence-corrected chi connectivity index (χ2v) is 4.98. The Labute approximate surface area is 90.5 Å². The second-order valence-electron chi connectivity index (χ2n) is 4.98. The lowest BCUT2D eigenvalue weighted by molar-refractivity contribution is 0.0618. The van der Waals surface area contributed by atoms with Crippen LogP contribution in [0.4, 0.5) is 0 Å². The lowest BCUT2D eigenvalue weighted by atomic mass is 10.1. The van der Waals surface area contributed by atoms with Crippen LogP contribution in [-0.2, 0) is 6.54 Å². The van der Waals surface area contributed by atoms with Crippen molar-refractivity contribution in [1.29, 1.82) is 0 Å². The molecule has 3 rings (SSSR count). The molecule has 1 heterocycles. The Hall–Kier alpha value is -0.860. The molecular weight excluding hydrogens is 186 g/mol. The minimum atomic E-state index is -0.271. The molecule has 1 saturated heterocycles. The lowest BCUT2D eigenvalue weighted by Gasteiger charge is -2.29. The highest BCUT2D eigenvalue weighted by Gasteiger charge is 2.55. The summed E-state index contributed by atoms with van der Waals surface area (Å²) in [6.07, 6.45) is 1.99. The minimum Gasteiger partial charge on any atom is -0.389 e. The summed E-state index contributed by atoms with van der Waals surface area (Å²) in [5.41, 5.74) is 1.11. The van der Waals surface area contributed by atoms with Crippen LogP contribution in [0, 0.1) is 5.92 Å². The summed E-state index contributed by atoms with van der Waals surface area (Å²) in [6, 6.07) is 10.6. The van der Waals surface area contributed by atoms with Crippen LogP contribution in [0.15, 0.2) is 30.3 Å². The minimum absolute atomic E-state index is 0.271. The summed E-state index contributed by atoms with van der Waals surface area (Å²) < 4.78 is 0. The van der Waals surface area contributed by atoms with Crippen molar-refractivity contribution >= 4 is 0 Å². The predicted octanol–water partition coefficient (Wildman–Crippen LogP) is 1.64. The molecule has 15 heavy (non-hydrogen) atoms. The van der Waals surface area contributed by atoms with E-state index in [0.29, 0.717) is 5.92 Å². The van der Waals surface area contributed by atoms with Crippen LogP contribution in [0.5, 0.6) is 0 Å². The third-order valence-electron chi connectivity index (χ3n) is 3.79. The fourth-order valence-electron chi connectivity index (χ4n) is 2.65. The number of piperidine rings is 1. The maximum absolute atomic E-state index is 9.91. The summed E-state index contributed by atoms with van der Waals surface area (Å²) in [5, 5.41) is 9.91. The van der Waals surface area contributed by atoms with Crippen LogP contribution in [0.3, 0.4) is 0 Å². The number of benzene rings is 1. The largest absolute Gasteiger partial charge is 0.389 e. The van der Waals surface area contributed by atoms with E-state index < -0.39 is 0 Å². The Kier molecular flexibility index (Phi) is 2.08. The molecular formula is C13H17NO. The van der Waals surface area contributed by atoms with E-state index in [0.717, 1.165) is 32.5 Å². The number of hydrogen-bond donors (Lipinski definition) is 1. The summed E-state index contributed by atoms with van der Waals surface area (Å²) in [5.74, 6) is 0.551. The first kappa shape index (κ1) is 9.37. The van der Waals surface area contributed by atoms with Crippen molar-refractivity contribution in [3.8, 4) is 0 Å². The van der Waals surface area contributed by atoms with Crippen molar-refractivity contribution in [2.24, 2.45) is 5.92 Å². The summed E-state index contributed by atoms with van der Waals surface area (Å²) in [6.45, 7) is 3.15. The topological polar surface area (TPSA) is 23.5 Å². The van der Waals surface area contributed by atoms with Crippen LogP contribution in [0.2, 0.25) is 0 Å². The van der Waals surface area contributed by atoms with Crippen LogP contribution >= 0.6 is 0 Å². The fraction of sp³-hybridized carbons (Fsp3) is 0.538. The molecule has 2 fully saturated rings. The molecule has 1 N–H and O–H groups in total. The molecule has 1 aliphatic carbocycles. The highest BCUT2D eigenvalue weighted by Crippen LogP contribution is 2.49. The molecule has 0 bridgehead atoms. The number of nitrogens with zero attached hydrogens (tertiary/aromatic N) is 1. The monoisotopic (exact) mass is 203 g/mol. The smallest absolute Gasteiger partial charge is 0.0705 e. The molecule has 80 valence electrons. The number of fused-ring (bicyclic) bond motifs is 1. The zero-order chi connectivity index (χ0) is 10.3. The van der Waals surface area contributed by atoms with E-state index in [1.54, 1.807) is 0 Å². The molecule has 0 radical (unpaired) electrons. The SMILES string of the molecule is OC12CCN(Cc3ccccc3)CC1C2. The number of rotatable bonds is 2. The molecule has 2 aliphatic rings. The zero-order valence-electron chi connectivity index (χ0n) is 8.89. The number of hydrogen-bond acceptors (Lipinski definition) is 2. The van der Waals surface area contributed by atoms with Gasteiger partial charge in [0.2, 0.25) is 0 Å². The maximum Gasteiger partial charge on any atom is 0.0705 e. The van der Waals surface area contributed by atoms with E-state index in [-0.39, 0.29) is 5.60 Å². The Morgan fingerprint density at radius 3 is 2.87 bits per heavy atom. The lowest BCUT2D eigenvalue weighted by Crippen LogP contribution is -2.36. The van der Waals surface area contributed by atoms with Gasteiger partial charge >= 0.3 is 0 Å². The van der Waals surface area contributed by atoms with Crippen LogP contribution in [0.25, 0.3) is 0 Å². The predicted molar refractivity (Wildman–Crippen MR) is 59.4 cm³/mol. The zero-order valence-corrected chi connectivity index (χ0v) is 8.89. The van der Waals surface area contributed by atoms with Crippen molar-refractivity contribution in [2.75, 3.05) is 13.1 Å². The van der Waals surface area contributed by atoms with Crippen molar-refractivity contribution < 1.29 is 5.11 Å². The Balaban J connectivity index is 1.61. The van der Waals surface area contributed by atoms with E-state index in [1.165, 1.54) is 5.56 Å². The highest BCUT2D eigenvalue weighted by atomic mass is 16.3. The van der Waals surface area contributed by atoms with Crippen LogP contribution in [0.1, 0.15) is 18.4 Å². The molecule has 0 aromatic heterocycles. The molecule has 1 aliphatic heterocycles. The molecule has 1 aromatic carbocycles. The molecule has 2 heteroatoms. The molecule has 2 unspecified atom stereocenters. The fourth-order valence-corrected chi connectivity index (χ4v) is 2.65. The van der Waals surface area contributed by atoms with Gasteiger partial charge in [0.15, 0.2) is 0 Å². The van der Waals surface area contributed by atoms with E-state index in [1.807, 2.05) is 0 Å². The van der Waals surface area contributed by atoms with Gasteiger partial charge in [-0.1, -0.05) is 30.3 Å². The molecule has 2 atom stereocenters. The van der Waals surface area contributed by atoms with Crippen molar-refractivity contribution in [1.82, 2.24) is 4.90 Å². The van der Waals surface area contributed by atoms with Gasteiger partial charge in [0.1, 0.15) is 0 Å². The Morgan fingerprint density at radius 1 is 1.33 bits per heavy atom. The first-order chi connectivity index (χ1) is 7.26. The average molecular weight is 203 g/mol.